The lowest BCUT2D eigenvalue weighted by Gasteiger charge is -2.21. The molecular weight excluding hydrogens is 136 g/mol. The molecule has 1 unspecified atom stereocenters. The van der Waals surface area contributed by atoms with Crippen molar-refractivity contribution in [3.05, 3.63) is 0 Å². The smallest absolute Gasteiger partial charge is 0.0578 e. The molecule has 0 aromatic rings. The Morgan fingerprint density at radius 2 is 1.64 bits per heavy atom. The van der Waals surface area contributed by atoms with Gasteiger partial charge in [-0.15, -0.1) is 0 Å². The molecule has 0 aliphatic heterocycles. The summed E-state index contributed by atoms with van der Waals surface area (Å²) >= 11 is 0. The summed E-state index contributed by atoms with van der Waals surface area (Å²) in [6.45, 7) is 6.63. The number of ether oxygens (including phenoxy) is 1. The number of rotatable bonds is 3. The van der Waals surface area contributed by atoms with E-state index < -0.39 is 0 Å². The molecule has 0 amide bonds. The molecule has 0 heterocycles. The van der Waals surface area contributed by atoms with Crippen LogP contribution in [0.1, 0.15) is 46.5 Å². The van der Waals surface area contributed by atoms with Crippen LogP contribution in [0.4, 0.5) is 0 Å². The van der Waals surface area contributed by atoms with Crippen LogP contribution in [0, 0.1) is 5.92 Å². The van der Waals surface area contributed by atoms with Crippen molar-refractivity contribution in [1.82, 2.24) is 0 Å². The first kappa shape index (κ1) is 9.05. The Morgan fingerprint density at radius 1 is 1.09 bits per heavy atom. The minimum atomic E-state index is 0.443. The Hall–Kier alpha value is -0.0400. The molecule has 11 heavy (non-hydrogen) atoms. The van der Waals surface area contributed by atoms with Gasteiger partial charge in [0.25, 0.3) is 0 Å². The molecule has 0 saturated heterocycles. The van der Waals surface area contributed by atoms with Crippen molar-refractivity contribution in [3.8, 4) is 0 Å². The zero-order valence-electron chi connectivity index (χ0n) is 7.97. The average Bonchev–Trinajstić information content (AvgIpc) is 2.39. The zero-order valence-corrected chi connectivity index (χ0v) is 7.97. The average molecular weight is 156 g/mol. The van der Waals surface area contributed by atoms with Gasteiger partial charge in [0.15, 0.2) is 0 Å². The molecule has 0 N–H and O–H groups in total. The van der Waals surface area contributed by atoms with Crippen molar-refractivity contribution in [1.29, 1.82) is 0 Å². The van der Waals surface area contributed by atoms with E-state index in [9.17, 15) is 0 Å². The molecule has 1 aliphatic carbocycles. The summed E-state index contributed by atoms with van der Waals surface area (Å²) in [5.41, 5.74) is 0. The zero-order chi connectivity index (χ0) is 8.27. The minimum Gasteiger partial charge on any atom is -0.375 e. The van der Waals surface area contributed by atoms with Crippen molar-refractivity contribution >= 4 is 0 Å². The van der Waals surface area contributed by atoms with Crippen LogP contribution >= 0.6 is 0 Å². The molecule has 1 atom stereocenters. The summed E-state index contributed by atoms with van der Waals surface area (Å²) in [6, 6.07) is 0. The Morgan fingerprint density at radius 3 is 2.09 bits per heavy atom. The molecule has 1 rings (SSSR count). The van der Waals surface area contributed by atoms with Gasteiger partial charge in [-0.25, -0.2) is 0 Å². The highest BCUT2D eigenvalue weighted by Gasteiger charge is 2.19. The highest BCUT2D eigenvalue weighted by molar-refractivity contribution is 4.69. The van der Waals surface area contributed by atoms with Gasteiger partial charge in [0, 0.05) is 0 Å². The van der Waals surface area contributed by atoms with Crippen LogP contribution < -0.4 is 0 Å². The molecule has 1 nitrogen and oxygen atoms in total. The standard InChI is InChI=1S/C10H20O/c1-8(2)9(3)11-10-6-4-5-7-10/h8-10H,4-7H2,1-3H3. The van der Waals surface area contributed by atoms with Gasteiger partial charge in [0.2, 0.25) is 0 Å². The van der Waals surface area contributed by atoms with Crippen LogP contribution in [-0.2, 0) is 4.74 Å². The van der Waals surface area contributed by atoms with E-state index in [1.165, 1.54) is 25.7 Å². The van der Waals surface area contributed by atoms with E-state index in [2.05, 4.69) is 20.8 Å². The molecule has 0 radical (unpaired) electrons. The van der Waals surface area contributed by atoms with Crippen molar-refractivity contribution in [2.75, 3.05) is 0 Å². The van der Waals surface area contributed by atoms with E-state index in [4.69, 9.17) is 4.74 Å². The van der Waals surface area contributed by atoms with Crippen LogP contribution in [0.5, 0.6) is 0 Å². The largest absolute Gasteiger partial charge is 0.375 e. The fourth-order valence-corrected chi connectivity index (χ4v) is 1.49. The molecule has 1 aliphatic rings. The lowest BCUT2D eigenvalue weighted by Crippen LogP contribution is -2.21. The van der Waals surface area contributed by atoms with Crippen LogP contribution in [0.25, 0.3) is 0 Å². The molecular formula is C10H20O. The fraction of sp³-hybridized carbons (Fsp3) is 1.00. The third kappa shape index (κ3) is 2.82. The van der Waals surface area contributed by atoms with Gasteiger partial charge in [-0.1, -0.05) is 26.7 Å². The maximum Gasteiger partial charge on any atom is 0.0578 e. The third-order valence-corrected chi connectivity index (χ3v) is 2.65. The normalized spacial score (nSPS) is 22.9. The van der Waals surface area contributed by atoms with Gasteiger partial charge in [0.05, 0.1) is 12.2 Å². The lowest BCUT2D eigenvalue weighted by atomic mass is 10.1. The minimum absolute atomic E-state index is 0.443. The second-order valence-corrected chi connectivity index (χ2v) is 3.99. The first-order valence-corrected chi connectivity index (χ1v) is 4.85. The fourth-order valence-electron chi connectivity index (χ4n) is 1.49. The third-order valence-electron chi connectivity index (χ3n) is 2.65. The number of hydrogen-bond acceptors (Lipinski definition) is 1. The second kappa shape index (κ2) is 4.10. The maximum atomic E-state index is 5.87. The van der Waals surface area contributed by atoms with Crippen molar-refractivity contribution in [2.24, 2.45) is 5.92 Å². The van der Waals surface area contributed by atoms with E-state index in [1.807, 2.05) is 0 Å². The van der Waals surface area contributed by atoms with Gasteiger partial charge in [0.1, 0.15) is 0 Å². The SMILES string of the molecule is CC(C)C(C)OC1CCCC1. The van der Waals surface area contributed by atoms with E-state index >= 15 is 0 Å². The van der Waals surface area contributed by atoms with Crippen LogP contribution in [0.2, 0.25) is 0 Å². The van der Waals surface area contributed by atoms with Crippen molar-refractivity contribution < 1.29 is 4.74 Å². The van der Waals surface area contributed by atoms with Crippen LogP contribution in [-0.4, -0.2) is 12.2 Å². The molecule has 0 spiro atoms. The summed E-state index contributed by atoms with van der Waals surface area (Å²) in [6.07, 6.45) is 6.34. The monoisotopic (exact) mass is 156 g/mol. The summed E-state index contributed by atoms with van der Waals surface area (Å²) < 4.78 is 5.87. The maximum absolute atomic E-state index is 5.87. The van der Waals surface area contributed by atoms with E-state index in [-0.39, 0.29) is 0 Å². The Bertz CT molecular complexity index is 103. The molecule has 1 fully saturated rings. The first-order valence-electron chi connectivity index (χ1n) is 4.85. The highest BCUT2D eigenvalue weighted by Crippen LogP contribution is 2.23. The lowest BCUT2D eigenvalue weighted by molar-refractivity contribution is -0.0210. The highest BCUT2D eigenvalue weighted by atomic mass is 16.5. The summed E-state index contributed by atoms with van der Waals surface area (Å²) in [4.78, 5) is 0. The van der Waals surface area contributed by atoms with Gasteiger partial charge in [-0.05, 0) is 25.7 Å². The van der Waals surface area contributed by atoms with E-state index in [0.29, 0.717) is 18.1 Å². The van der Waals surface area contributed by atoms with Crippen LogP contribution in [0.3, 0.4) is 0 Å². The molecule has 1 saturated carbocycles. The predicted octanol–water partition coefficient (Wildman–Crippen LogP) is 2.99. The Kier molecular flexibility index (Phi) is 3.38. The van der Waals surface area contributed by atoms with Gasteiger partial charge in [-0.3, -0.25) is 0 Å². The van der Waals surface area contributed by atoms with Gasteiger partial charge < -0.3 is 4.74 Å². The first-order chi connectivity index (χ1) is 5.20. The van der Waals surface area contributed by atoms with E-state index in [0.717, 1.165) is 0 Å². The molecule has 0 aromatic carbocycles. The molecule has 0 aromatic heterocycles. The molecule has 1 heteroatoms. The summed E-state index contributed by atoms with van der Waals surface area (Å²) in [5.74, 6) is 0.663. The summed E-state index contributed by atoms with van der Waals surface area (Å²) in [5, 5.41) is 0. The van der Waals surface area contributed by atoms with Gasteiger partial charge >= 0.3 is 0 Å². The Balaban J connectivity index is 2.18. The predicted molar refractivity (Wildman–Crippen MR) is 47.6 cm³/mol. The summed E-state index contributed by atoms with van der Waals surface area (Å²) in [7, 11) is 0. The quantitative estimate of drug-likeness (QED) is 0.610. The van der Waals surface area contributed by atoms with Crippen molar-refractivity contribution in [3.63, 3.8) is 0 Å². The van der Waals surface area contributed by atoms with Crippen molar-refractivity contribution in [2.45, 2.75) is 58.7 Å². The number of hydrogen-bond donors (Lipinski definition) is 0. The molecule has 0 bridgehead atoms. The topological polar surface area (TPSA) is 9.23 Å². The van der Waals surface area contributed by atoms with Gasteiger partial charge in [-0.2, -0.15) is 0 Å². The second-order valence-electron chi connectivity index (χ2n) is 3.99. The van der Waals surface area contributed by atoms with Crippen LogP contribution in [0.15, 0.2) is 0 Å². The van der Waals surface area contributed by atoms with E-state index in [1.54, 1.807) is 0 Å². The Labute approximate surface area is 70.1 Å². The molecule has 66 valence electrons.